The Bertz CT molecular complexity index is 804. The Morgan fingerprint density at radius 2 is 1.85 bits per heavy atom. The molecule has 0 bridgehead atoms. The summed E-state index contributed by atoms with van der Waals surface area (Å²) in [4.78, 5) is 4.51. The van der Waals surface area contributed by atoms with Crippen LogP contribution < -0.4 is 5.32 Å². The van der Waals surface area contributed by atoms with Crippen LogP contribution >= 0.6 is 0 Å². The van der Waals surface area contributed by atoms with E-state index in [4.69, 9.17) is 0 Å². The molecule has 184 valence electrons. The molecule has 0 aromatic carbocycles. The molecule has 33 heavy (non-hydrogen) atoms. The van der Waals surface area contributed by atoms with Gasteiger partial charge in [0.1, 0.15) is 0 Å². The number of fused-ring (bicyclic) bond motifs is 5. The minimum Gasteiger partial charge on any atom is -0.381 e. The van der Waals surface area contributed by atoms with Gasteiger partial charge in [0, 0.05) is 12.2 Å². The molecule has 1 aromatic rings. The third kappa shape index (κ3) is 4.38. The molecule has 0 aliphatic heterocycles. The van der Waals surface area contributed by atoms with E-state index < -0.39 is 0 Å². The van der Waals surface area contributed by atoms with E-state index in [1.807, 2.05) is 6.20 Å². The summed E-state index contributed by atoms with van der Waals surface area (Å²) in [5.41, 5.74) is 2.90. The smallest absolute Gasteiger partial charge is 0.0603 e. The molecule has 0 saturated heterocycles. The maximum Gasteiger partial charge on any atom is 0.0603 e. The van der Waals surface area contributed by atoms with E-state index >= 15 is 0 Å². The third-order valence-corrected chi connectivity index (χ3v) is 11.6. The molecule has 0 spiro atoms. The van der Waals surface area contributed by atoms with Crippen LogP contribution in [0.2, 0.25) is 0 Å². The van der Waals surface area contributed by atoms with Crippen molar-refractivity contribution >= 4 is 5.69 Å². The molecule has 5 rings (SSSR count). The quantitative estimate of drug-likeness (QED) is 0.470. The lowest BCUT2D eigenvalue weighted by Crippen LogP contribution is -2.50. The highest BCUT2D eigenvalue weighted by molar-refractivity contribution is 5.47. The van der Waals surface area contributed by atoms with Gasteiger partial charge in [-0.25, -0.2) is 0 Å². The molecule has 4 aliphatic rings. The average molecular weight is 451 g/mol. The van der Waals surface area contributed by atoms with E-state index in [2.05, 4.69) is 57.1 Å². The summed E-state index contributed by atoms with van der Waals surface area (Å²) in [6.07, 6.45) is 18.4. The summed E-state index contributed by atoms with van der Waals surface area (Å²) in [7, 11) is 0. The second kappa shape index (κ2) is 9.54. The number of anilines is 1. The summed E-state index contributed by atoms with van der Waals surface area (Å²) in [6, 6.07) is 4.82. The van der Waals surface area contributed by atoms with Gasteiger partial charge in [0.2, 0.25) is 0 Å². The van der Waals surface area contributed by atoms with Crippen molar-refractivity contribution in [3.05, 3.63) is 24.0 Å². The van der Waals surface area contributed by atoms with Crippen LogP contribution in [0.3, 0.4) is 0 Å². The molecule has 4 saturated carbocycles. The fourth-order valence-corrected chi connectivity index (χ4v) is 9.74. The zero-order valence-electron chi connectivity index (χ0n) is 22.2. The molecule has 0 amide bonds. The molecule has 1 N–H and O–H groups in total. The van der Waals surface area contributed by atoms with E-state index in [0.29, 0.717) is 11.5 Å². The molecule has 4 unspecified atom stereocenters. The van der Waals surface area contributed by atoms with Gasteiger partial charge in [-0.1, -0.05) is 33.6 Å². The van der Waals surface area contributed by atoms with Crippen molar-refractivity contribution in [3.63, 3.8) is 0 Å². The van der Waals surface area contributed by atoms with Gasteiger partial charge in [-0.15, -0.1) is 0 Å². The highest BCUT2D eigenvalue weighted by atomic mass is 14.9. The van der Waals surface area contributed by atoms with Gasteiger partial charge in [-0.3, -0.25) is 4.98 Å². The number of rotatable bonds is 6. The van der Waals surface area contributed by atoms with Crippen molar-refractivity contribution in [3.8, 4) is 0 Å². The van der Waals surface area contributed by atoms with Crippen molar-refractivity contribution in [1.29, 1.82) is 0 Å². The van der Waals surface area contributed by atoms with Gasteiger partial charge in [-0.2, -0.15) is 0 Å². The summed E-state index contributed by atoms with van der Waals surface area (Å²) >= 11 is 0. The van der Waals surface area contributed by atoms with Crippen LogP contribution in [0.1, 0.15) is 104 Å². The fraction of sp³-hybridized carbons (Fsp3) is 0.839. The normalized spacial score (nSPS) is 42.0. The number of nitrogens with one attached hydrogen (secondary N) is 1. The number of hydrogen-bond donors (Lipinski definition) is 1. The molecule has 1 aromatic heterocycles. The summed E-state index contributed by atoms with van der Waals surface area (Å²) < 4.78 is 0. The maximum atomic E-state index is 4.51. The number of nitrogens with zero attached hydrogens (tertiary/aromatic N) is 1. The summed E-state index contributed by atoms with van der Waals surface area (Å²) in [5.74, 6) is 7.93. The second-order valence-electron chi connectivity index (χ2n) is 13.2. The first-order chi connectivity index (χ1) is 15.9. The van der Waals surface area contributed by atoms with E-state index in [1.54, 1.807) is 25.7 Å². The van der Waals surface area contributed by atoms with E-state index in [-0.39, 0.29) is 0 Å². The highest BCUT2D eigenvalue weighted by Gasteiger charge is 2.57. The molecule has 1 heterocycles. The third-order valence-electron chi connectivity index (χ3n) is 11.6. The molecular formula is C31H50N2. The lowest BCUT2D eigenvalue weighted by atomic mass is 9.49. The Morgan fingerprint density at radius 1 is 1.03 bits per heavy atom. The van der Waals surface area contributed by atoms with Gasteiger partial charge in [0.25, 0.3) is 0 Å². The SMILES string of the molecule is CCC(C)C[C@H]1CC[C@H]2[C@H](CCC3[C@@H]2CCC2(C)C([C@@H](C)Nc4cccnc4C)CC[C@@H]32)C1. The van der Waals surface area contributed by atoms with Crippen molar-refractivity contribution in [2.45, 2.75) is 111 Å². The Morgan fingerprint density at radius 3 is 2.64 bits per heavy atom. The van der Waals surface area contributed by atoms with Crippen LogP contribution in [-0.4, -0.2) is 11.0 Å². The van der Waals surface area contributed by atoms with Crippen LogP contribution in [0, 0.1) is 59.7 Å². The number of hydrogen-bond acceptors (Lipinski definition) is 2. The standard InChI is InChI=1S/C31H50N2/c1-6-20(2)18-23-9-11-25-24(19-23)10-12-27-26(25)15-16-31(5)28(13-14-29(27)31)21(3)33-30-8-7-17-32-22(30)4/h7-8,17,20-21,23-29,33H,6,9-16,18-19H2,1-5H3/t20?,21-,23-,24-,25+,26-,27?,28?,29+,31?/m1/s1. The first-order valence-corrected chi connectivity index (χ1v) is 14.6. The van der Waals surface area contributed by atoms with E-state index in [9.17, 15) is 0 Å². The number of aromatic nitrogens is 1. The van der Waals surface area contributed by atoms with Crippen molar-refractivity contribution in [2.24, 2.45) is 52.8 Å². The molecular weight excluding hydrogens is 400 g/mol. The zero-order chi connectivity index (χ0) is 23.2. The van der Waals surface area contributed by atoms with Gasteiger partial charge in [0.15, 0.2) is 0 Å². The second-order valence-corrected chi connectivity index (χ2v) is 13.2. The highest BCUT2D eigenvalue weighted by Crippen LogP contribution is 2.65. The first kappa shape index (κ1) is 23.7. The summed E-state index contributed by atoms with van der Waals surface area (Å²) in [6.45, 7) is 12.1. The molecule has 4 fully saturated rings. The Hall–Kier alpha value is -1.05. The predicted molar refractivity (Wildman–Crippen MR) is 140 cm³/mol. The minimum absolute atomic E-state index is 0.532. The Balaban J connectivity index is 1.25. The largest absolute Gasteiger partial charge is 0.381 e. The molecule has 4 aliphatic carbocycles. The average Bonchev–Trinajstić information content (AvgIpc) is 3.17. The van der Waals surface area contributed by atoms with Gasteiger partial charge in [-0.05, 0) is 137 Å². The van der Waals surface area contributed by atoms with Crippen molar-refractivity contribution < 1.29 is 0 Å². The van der Waals surface area contributed by atoms with Crippen LogP contribution in [-0.2, 0) is 0 Å². The lowest BCUT2D eigenvalue weighted by Gasteiger charge is -2.57. The van der Waals surface area contributed by atoms with Crippen LogP contribution in [0.25, 0.3) is 0 Å². The Kier molecular flexibility index (Phi) is 6.84. The van der Waals surface area contributed by atoms with Gasteiger partial charge < -0.3 is 5.32 Å². The topological polar surface area (TPSA) is 24.9 Å². The monoisotopic (exact) mass is 450 g/mol. The molecule has 2 heteroatoms. The van der Waals surface area contributed by atoms with Crippen molar-refractivity contribution in [1.82, 2.24) is 4.98 Å². The predicted octanol–water partition coefficient (Wildman–Crippen LogP) is 8.51. The van der Waals surface area contributed by atoms with Gasteiger partial charge >= 0.3 is 0 Å². The minimum atomic E-state index is 0.532. The van der Waals surface area contributed by atoms with Crippen LogP contribution in [0.5, 0.6) is 0 Å². The molecule has 0 radical (unpaired) electrons. The maximum absolute atomic E-state index is 4.51. The van der Waals surface area contributed by atoms with E-state index in [1.165, 1.54) is 50.6 Å². The van der Waals surface area contributed by atoms with Crippen molar-refractivity contribution in [2.75, 3.05) is 5.32 Å². The fourth-order valence-electron chi connectivity index (χ4n) is 9.74. The molecule has 2 nitrogen and oxygen atoms in total. The summed E-state index contributed by atoms with van der Waals surface area (Å²) in [5, 5.41) is 3.89. The Labute approximate surface area is 204 Å². The number of pyridine rings is 1. The first-order valence-electron chi connectivity index (χ1n) is 14.6. The van der Waals surface area contributed by atoms with E-state index in [0.717, 1.165) is 53.0 Å². The van der Waals surface area contributed by atoms with Crippen LogP contribution in [0.15, 0.2) is 18.3 Å². The number of aryl methyl sites for hydroxylation is 1. The lowest BCUT2D eigenvalue weighted by molar-refractivity contribution is -0.0702. The molecule has 10 atom stereocenters. The van der Waals surface area contributed by atoms with Gasteiger partial charge in [0.05, 0.1) is 11.4 Å². The van der Waals surface area contributed by atoms with Crippen LogP contribution in [0.4, 0.5) is 5.69 Å². The zero-order valence-corrected chi connectivity index (χ0v) is 22.2.